The monoisotopic (exact) mass is 254 g/mol. The van der Waals surface area contributed by atoms with Gasteiger partial charge in [0.2, 0.25) is 0 Å². The molecule has 96 valence electrons. The van der Waals surface area contributed by atoms with Gasteiger partial charge in [-0.15, -0.1) is 0 Å². The molecule has 0 spiro atoms. The number of aliphatic hydroxyl groups is 2. The fraction of sp³-hybridized carbons (Fsp3) is 0.500. The van der Waals surface area contributed by atoms with Crippen LogP contribution in [-0.4, -0.2) is 48.5 Å². The van der Waals surface area contributed by atoms with Crippen molar-refractivity contribution in [1.29, 1.82) is 0 Å². The minimum absolute atomic E-state index is 0.270. The van der Waals surface area contributed by atoms with Gasteiger partial charge in [0, 0.05) is 6.42 Å². The van der Waals surface area contributed by atoms with Crippen molar-refractivity contribution >= 4 is 11.2 Å². The van der Waals surface area contributed by atoms with Crippen molar-refractivity contribution in [3.8, 4) is 0 Å². The first-order valence-corrected chi connectivity index (χ1v) is 5.48. The van der Waals surface area contributed by atoms with Crippen LogP contribution in [0.2, 0.25) is 0 Å². The standard InChI is InChI=1S/C10H11FN4O3/c11-10-12-2-5-9(14-10)15(4-13-5)8-1-6(17)7(3-16)18-8/h2,4,6-8,16-17H,1,3H2/t6-,7+,8-/m1/s1. The Balaban J connectivity index is 1.98. The summed E-state index contributed by atoms with van der Waals surface area (Å²) in [5.41, 5.74) is 0.750. The summed E-state index contributed by atoms with van der Waals surface area (Å²) >= 11 is 0. The SMILES string of the molecule is OC[C@@H]1O[C@@H](n2cnc3cnc(F)nc32)C[C@H]1O. The van der Waals surface area contributed by atoms with Crippen molar-refractivity contribution < 1.29 is 19.3 Å². The highest BCUT2D eigenvalue weighted by atomic mass is 19.1. The van der Waals surface area contributed by atoms with Gasteiger partial charge in [0.1, 0.15) is 17.8 Å². The summed E-state index contributed by atoms with van der Waals surface area (Å²) in [4.78, 5) is 11.1. The van der Waals surface area contributed by atoms with Crippen LogP contribution >= 0.6 is 0 Å². The Bertz CT molecular complexity index is 575. The summed E-state index contributed by atoms with van der Waals surface area (Å²) in [6, 6.07) is 0. The van der Waals surface area contributed by atoms with E-state index < -0.39 is 24.5 Å². The first-order chi connectivity index (χ1) is 8.69. The number of hydrogen-bond acceptors (Lipinski definition) is 6. The Kier molecular flexibility index (Phi) is 2.69. The highest BCUT2D eigenvalue weighted by Gasteiger charge is 2.35. The summed E-state index contributed by atoms with van der Waals surface area (Å²) in [6.45, 7) is -0.270. The van der Waals surface area contributed by atoms with E-state index in [1.807, 2.05) is 0 Å². The Morgan fingerprint density at radius 2 is 2.33 bits per heavy atom. The molecule has 8 heteroatoms. The van der Waals surface area contributed by atoms with Gasteiger partial charge in [0.25, 0.3) is 0 Å². The maximum Gasteiger partial charge on any atom is 0.310 e. The van der Waals surface area contributed by atoms with Gasteiger partial charge in [-0.3, -0.25) is 4.57 Å². The molecular weight excluding hydrogens is 243 g/mol. The number of ether oxygens (including phenoxy) is 1. The number of fused-ring (bicyclic) bond motifs is 1. The van der Waals surface area contributed by atoms with E-state index in [0.717, 1.165) is 0 Å². The minimum Gasteiger partial charge on any atom is -0.394 e. The molecule has 1 saturated heterocycles. The molecule has 1 fully saturated rings. The molecule has 1 aliphatic heterocycles. The third kappa shape index (κ3) is 1.74. The van der Waals surface area contributed by atoms with Crippen molar-refractivity contribution in [3.05, 3.63) is 18.6 Å². The van der Waals surface area contributed by atoms with Gasteiger partial charge in [-0.25, -0.2) is 9.97 Å². The molecule has 0 radical (unpaired) electrons. The van der Waals surface area contributed by atoms with Crippen LogP contribution in [-0.2, 0) is 4.74 Å². The zero-order valence-corrected chi connectivity index (χ0v) is 9.27. The van der Waals surface area contributed by atoms with E-state index in [9.17, 15) is 9.50 Å². The van der Waals surface area contributed by atoms with E-state index in [-0.39, 0.29) is 6.61 Å². The van der Waals surface area contributed by atoms with E-state index in [4.69, 9.17) is 9.84 Å². The lowest BCUT2D eigenvalue weighted by molar-refractivity contribution is -0.0432. The number of hydrogen-bond donors (Lipinski definition) is 2. The number of rotatable bonds is 2. The third-order valence-electron chi connectivity index (χ3n) is 2.98. The van der Waals surface area contributed by atoms with Crippen LogP contribution in [0.15, 0.2) is 12.5 Å². The number of aliphatic hydroxyl groups excluding tert-OH is 2. The van der Waals surface area contributed by atoms with E-state index >= 15 is 0 Å². The van der Waals surface area contributed by atoms with Gasteiger partial charge < -0.3 is 14.9 Å². The maximum absolute atomic E-state index is 13.0. The number of imidazole rings is 1. The van der Waals surface area contributed by atoms with E-state index in [1.165, 1.54) is 17.1 Å². The average molecular weight is 254 g/mol. The van der Waals surface area contributed by atoms with Crippen molar-refractivity contribution in [2.45, 2.75) is 24.9 Å². The molecule has 1 aliphatic rings. The molecule has 0 unspecified atom stereocenters. The van der Waals surface area contributed by atoms with Crippen molar-refractivity contribution in [1.82, 2.24) is 19.5 Å². The molecule has 2 aromatic rings. The lowest BCUT2D eigenvalue weighted by Gasteiger charge is -2.13. The largest absolute Gasteiger partial charge is 0.394 e. The molecule has 3 atom stereocenters. The Morgan fingerprint density at radius 1 is 1.50 bits per heavy atom. The fourth-order valence-corrected chi connectivity index (χ4v) is 2.07. The Labute approximate surface area is 101 Å². The third-order valence-corrected chi connectivity index (χ3v) is 2.98. The van der Waals surface area contributed by atoms with Gasteiger partial charge in [-0.05, 0) is 0 Å². The van der Waals surface area contributed by atoms with Gasteiger partial charge in [0.05, 0.1) is 25.2 Å². The predicted molar refractivity (Wildman–Crippen MR) is 56.9 cm³/mol. The van der Waals surface area contributed by atoms with Gasteiger partial charge >= 0.3 is 6.08 Å². The minimum atomic E-state index is -0.846. The first-order valence-electron chi connectivity index (χ1n) is 5.48. The Hall–Kier alpha value is -1.64. The van der Waals surface area contributed by atoms with Crippen molar-refractivity contribution in [2.24, 2.45) is 0 Å². The van der Waals surface area contributed by atoms with Gasteiger partial charge in [0.15, 0.2) is 5.65 Å². The molecule has 0 bridgehead atoms. The van der Waals surface area contributed by atoms with Crippen LogP contribution < -0.4 is 0 Å². The highest BCUT2D eigenvalue weighted by molar-refractivity contribution is 5.69. The normalized spacial score (nSPS) is 28.1. The van der Waals surface area contributed by atoms with Crippen LogP contribution in [0.5, 0.6) is 0 Å². The van der Waals surface area contributed by atoms with Crippen LogP contribution in [0.3, 0.4) is 0 Å². The molecule has 0 aromatic carbocycles. The molecule has 0 aliphatic carbocycles. The number of halogens is 1. The Morgan fingerprint density at radius 3 is 3.06 bits per heavy atom. The summed E-state index contributed by atoms with van der Waals surface area (Å²) in [5.74, 6) is 0. The van der Waals surface area contributed by atoms with Gasteiger partial charge in [-0.2, -0.15) is 9.37 Å². The highest BCUT2D eigenvalue weighted by Crippen LogP contribution is 2.30. The molecule has 2 N–H and O–H groups in total. The average Bonchev–Trinajstić information content (AvgIpc) is 2.91. The molecule has 7 nitrogen and oxygen atoms in total. The molecule has 18 heavy (non-hydrogen) atoms. The number of nitrogens with zero attached hydrogens (tertiary/aromatic N) is 4. The van der Waals surface area contributed by atoms with Crippen molar-refractivity contribution in [2.75, 3.05) is 6.61 Å². The second kappa shape index (κ2) is 4.23. The quantitative estimate of drug-likeness (QED) is 0.709. The molecule has 2 aromatic heterocycles. The second-order valence-corrected chi connectivity index (χ2v) is 4.11. The summed E-state index contributed by atoms with van der Waals surface area (Å²) in [5, 5.41) is 18.7. The maximum atomic E-state index is 13.0. The molecule has 3 rings (SSSR count). The molecular formula is C10H11FN4O3. The zero-order valence-electron chi connectivity index (χ0n) is 9.27. The van der Waals surface area contributed by atoms with E-state index in [0.29, 0.717) is 17.6 Å². The first kappa shape index (κ1) is 11.5. The van der Waals surface area contributed by atoms with Crippen LogP contribution in [0, 0.1) is 6.08 Å². The van der Waals surface area contributed by atoms with Gasteiger partial charge in [-0.1, -0.05) is 0 Å². The predicted octanol–water partition coefficient (Wildman–Crippen LogP) is -0.394. The smallest absolute Gasteiger partial charge is 0.310 e. The molecule has 3 heterocycles. The molecule has 0 saturated carbocycles. The second-order valence-electron chi connectivity index (χ2n) is 4.11. The van der Waals surface area contributed by atoms with Crippen LogP contribution in [0.25, 0.3) is 11.2 Å². The molecule has 0 amide bonds. The summed E-state index contributed by atoms with van der Waals surface area (Å²) in [6.07, 6.45) is 0.266. The lowest BCUT2D eigenvalue weighted by atomic mass is 10.2. The van der Waals surface area contributed by atoms with E-state index in [2.05, 4.69) is 15.0 Å². The van der Waals surface area contributed by atoms with Crippen LogP contribution in [0.1, 0.15) is 12.6 Å². The van der Waals surface area contributed by atoms with Crippen molar-refractivity contribution in [3.63, 3.8) is 0 Å². The topological polar surface area (TPSA) is 93.3 Å². The number of aromatic nitrogens is 4. The lowest BCUT2D eigenvalue weighted by Crippen LogP contribution is -2.24. The van der Waals surface area contributed by atoms with Crippen LogP contribution in [0.4, 0.5) is 4.39 Å². The fourth-order valence-electron chi connectivity index (χ4n) is 2.07. The summed E-state index contributed by atoms with van der Waals surface area (Å²) < 4.78 is 20.0. The summed E-state index contributed by atoms with van der Waals surface area (Å²) in [7, 11) is 0. The zero-order chi connectivity index (χ0) is 12.7. The van der Waals surface area contributed by atoms with E-state index in [1.54, 1.807) is 0 Å².